The Hall–Kier alpha value is -2.32. The SMILES string of the molecule is CC(C)CCOc1ccc(NC(=O)N2CCOC(CN(C)CC(=O)O)C2)cc1. The lowest BCUT2D eigenvalue weighted by molar-refractivity contribution is -0.138. The Morgan fingerprint density at radius 2 is 2.07 bits per heavy atom. The number of aliphatic carboxylic acids is 1. The molecule has 8 heteroatoms. The molecule has 2 rings (SSSR count). The van der Waals surface area contributed by atoms with Crippen LogP contribution in [0.1, 0.15) is 20.3 Å². The summed E-state index contributed by atoms with van der Waals surface area (Å²) >= 11 is 0. The largest absolute Gasteiger partial charge is 0.494 e. The topological polar surface area (TPSA) is 91.3 Å². The molecule has 2 amide bonds. The molecule has 1 atom stereocenters. The molecule has 0 saturated carbocycles. The fourth-order valence-electron chi connectivity index (χ4n) is 2.91. The van der Waals surface area contributed by atoms with Crippen LogP contribution in [0.3, 0.4) is 0 Å². The summed E-state index contributed by atoms with van der Waals surface area (Å²) in [6, 6.07) is 7.14. The summed E-state index contributed by atoms with van der Waals surface area (Å²) in [6.07, 6.45) is 0.791. The molecule has 0 spiro atoms. The number of amides is 2. The van der Waals surface area contributed by atoms with Crippen LogP contribution in [0.25, 0.3) is 0 Å². The zero-order valence-corrected chi connectivity index (χ0v) is 16.9. The highest BCUT2D eigenvalue weighted by Gasteiger charge is 2.25. The van der Waals surface area contributed by atoms with Crippen molar-refractivity contribution in [2.75, 3.05) is 51.8 Å². The first-order valence-electron chi connectivity index (χ1n) is 9.64. The molecule has 0 bridgehead atoms. The second-order valence-electron chi connectivity index (χ2n) is 7.51. The first-order valence-corrected chi connectivity index (χ1v) is 9.64. The number of carbonyl (C=O) groups excluding carboxylic acids is 1. The molecule has 1 unspecified atom stereocenters. The lowest BCUT2D eigenvalue weighted by Crippen LogP contribution is -2.50. The molecular weight excluding hydrogens is 362 g/mol. The van der Waals surface area contributed by atoms with Crippen LogP contribution in [0.5, 0.6) is 5.75 Å². The van der Waals surface area contributed by atoms with E-state index < -0.39 is 5.97 Å². The molecule has 1 aliphatic rings. The van der Waals surface area contributed by atoms with Gasteiger partial charge in [0.1, 0.15) is 5.75 Å². The zero-order valence-electron chi connectivity index (χ0n) is 16.9. The van der Waals surface area contributed by atoms with Crippen molar-refractivity contribution in [1.29, 1.82) is 0 Å². The summed E-state index contributed by atoms with van der Waals surface area (Å²) in [4.78, 5) is 26.7. The first-order chi connectivity index (χ1) is 13.3. The minimum atomic E-state index is -0.885. The maximum absolute atomic E-state index is 12.5. The van der Waals surface area contributed by atoms with Crippen molar-refractivity contribution < 1.29 is 24.2 Å². The summed E-state index contributed by atoms with van der Waals surface area (Å²) < 4.78 is 11.3. The molecular formula is C20H31N3O5. The van der Waals surface area contributed by atoms with Crippen molar-refractivity contribution in [2.24, 2.45) is 5.92 Å². The van der Waals surface area contributed by atoms with Gasteiger partial charge in [0.2, 0.25) is 0 Å². The van der Waals surface area contributed by atoms with E-state index >= 15 is 0 Å². The Kier molecular flexibility index (Phi) is 8.53. The van der Waals surface area contributed by atoms with Gasteiger partial charge in [0, 0.05) is 25.3 Å². The lowest BCUT2D eigenvalue weighted by Gasteiger charge is -2.34. The molecule has 156 valence electrons. The van der Waals surface area contributed by atoms with Gasteiger partial charge < -0.3 is 24.8 Å². The van der Waals surface area contributed by atoms with Crippen molar-refractivity contribution in [3.63, 3.8) is 0 Å². The lowest BCUT2D eigenvalue weighted by atomic mass is 10.1. The van der Waals surface area contributed by atoms with Crippen molar-refractivity contribution in [3.8, 4) is 5.75 Å². The molecule has 8 nitrogen and oxygen atoms in total. The number of benzene rings is 1. The van der Waals surface area contributed by atoms with E-state index in [4.69, 9.17) is 14.6 Å². The highest BCUT2D eigenvalue weighted by Crippen LogP contribution is 2.17. The summed E-state index contributed by atoms with van der Waals surface area (Å²) in [5, 5.41) is 11.7. The molecule has 1 heterocycles. The number of nitrogens with one attached hydrogen (secondary N) is 1. The number of likely N-dealkylation sites (N-methyl/N-ethyl adjacent to an activating group) is 1. The number of urea groups is 1. The zero-order chi connectivity index (χ0) is 20.5. The average molecular weight is 393 g/mol. The fraction of sp³-hybridized carbons (Fsp3) is 0.600. The highest BCUT2D eigenvalue weighted by atomic mass is 16.5. The van der Waals surface area contributed by atoms with Gasteiger partial charge in [0.05, 0.1) is 25.9 Å². The Bertz CT molecular complexity index is 635. The molecule has 1 aromatic carbocycles. The van der Waals surface area contributed by atoms with Crippen molar-refractivity contribution in [2.45, 2.75) is 26.4 Å². The van der Waals surface area contributed by atoms with Crippen molar-refractivity contribution in [1.82, 2.24) is 9.80 Å². The highest BCUT2D eigenvalue weighted by molar-refractivity contribution is 5.89. The number of hydrogen-bond donors (Lipinski definition) is 2. The van der Waals surface area contributed by atoms with Gasteiger partial charge in [-0.3, -0.25) is 9.69 Å². The molecule has 1 aliphatic heterocycles. The van der Waals surface area contributed by atoms with Gasteiger partial charge in [0.15, 0.2) is 0 Å². The summed E-state index contributed by atoms with van der Waals surface area (Å²) in [5.74, 6) is 0.496. The standard InChI is InChI=1S/C20H31N3O5/c1-15(2)8-10-27-17-6-4-16(5-7-17)21-20(26)23-9-11-28-18(13-23)12-22(3)14-19(24)25/h4-7,15,18H,8-14H2,1-3H3,(H,21,26)(H,24,25). The molecule has 0 aliphatic carbocycles. The number of hydrogen-bond acceptors (Lipinski definition) is 5. The van der Waals surface area contributed by atoms with E-state index in [9.17, 15) is 9.59 Å². The van der Waals surface area contributed by atoms with E-state index in [2.05, 4.69) is 19.2 Å². The Labute approximate surface area is 166 Å². The maximum Gasteiger partial charge on any atom is 0.322 e. The number of ether oxygens (including phenoxy) is 2. The number of anilines is 1. The molecule has 28 heavy (non-hydrogen) atoms. The van der Waals surface area contributed by atoms with Gasteiger partial charge in [-0.2, -0.15) is 0 Å². The van der Waals surface area contributed by atoms with Crippen LogP contribution in [-0.2, 0) is 9.53 Å². The minimum absolute atomic E-state index is 0.0579. The Morgan fingerprint density at radius 3 is 2.71 bits per heavy atom. The van der Waals surface area contributed by atoms with Crippen molar-refractivity contribution >= 4 is 17.7 Å². The Morgan fingerprint density at radius 1 is 1.36 bits per heavy atom. The van der Waals surface area contributed by atoms with E-state index in [0.717, 1.165) is 12.2 Å². The van der Waals surface area contributed by atoms with E-state index in [0.29, 0.717) is 44.5 Å². The fourth-order valence-corrected chi connectivity index (χ4v) is 2.91. The van der Waals surface area contributed by atoms with E-state index in [1.165, 1.54) is 0 Å². The van der Waals surface area contributed by atoms with E-state index in [1.807, 2.05) is 24.3 Å². The third kappa shape index (κ3) is 7.74. The number of carbonyl (C=O) groups is 2. The molecule has 1 aromatic rings. The van der Waals surface area contributed by atoms with Crippen LogP contribution in [0, 0.1) is 5.92 Å². The smallest absolute Gasteiger partial charge is 0.322 e. The van der Waals surface area contributed by atoms with E-state index in [-0.39, 0.29) is 18.7 Å². The van der Waals surface area contributed by atoms with Crippen LogP contribution >= 0.6 is 0 Å². The van der Waals surface area contributed by atoms with Crippen LogP contribution in [-0.4, -0.2) is 79.5 Å². The van der Waals surface area contributed by atoms with Crippen LogP contribution < -0.4 is 10.1 Å². The van der Waals surface area contributed by atoms with Gasteiger partial charge >= 0.3 is 12.0 Å². The van der Waals surface area contributed by atoms with Gasteiger partial charge in [0.25, 0.3) is 0 Å². The molecule has 0 radical (unpaired) electrons. The van der Waals surface area contributed by atoms with E-state index in [1.54, 1.807) is 16.8 Å². The second-order valence-corrected chi connectivity index (χ2v) is 7.51. The number of morpholine rings is 1. The molecule has 1 saturated heterocycles. The number of carboxylic acid groups (broad SMARTS) is 1. The minimum Gasteiger partial charge on any atom is -0.494 e. The molecule has 0 aromatic heterocycles. The van der Waals surface area contributed by atoms with Gasteiger partial charge in [-0.1, -0.05) is 13.8 Å². The average Bonchev–Trinajstić information content (AvgIpc) is 2.62. The van der Waals surface area contributed by atoms with Crippen LogP contribution in [0.2, 0.25) is 0 Å². The summed E-state index contributed by atoms with van der Waals surface area (Å²) in [5.41, 5.74) is 0.701. The monoisotopic (exact) mass is 393 g/mol. The van der Waals surface area contributed by atoms with Gasteiger partial charge in [-0.05, 0) is 43.7 Å². The predicted molar refractivity (Wildman–Crippen MR) is 107 cm³/mol. The van der Waals surface area contributed by atoms with Crippen LogP contribution in [0.4, 0.5) is 10.5 Å². The van der Waals surface area contributed by atoms with Gasteiger partial charge in [-0.15, -0.1) is 0 Å². The van der Waals surface area contributed by atoms with Gasteiger partial charge in [-0.25, -0.2) is 4.79 Å². The normalized spacial score (nSPS) is 17.0. The number of nitrogens with zero attached hydrogens (tertiary/aromatic N) is 2. The first kappa shape index (κ1) is 22.0. The quantitative estimate of drug-likeness (QED) is 0.669. The third-order valence-corrected chi connectivity index (χ3v) is 4.42. The second kappa shape index (κ2) is 10.9. The molecule has 1 fully saturated rings. The summed E-state index contributed by atoms with van der Waals surface area (Å²) in [6.45, 7) is 6.74. The van der Waals surface area contributed by atoms with Crippen LogP contribution in [0.15, 0.2) is 24.3 Å². The number of rotatable bonds is 9. The predicted octanol–water partition coefficient (Wildman–Crippen LogP) is 2.36. The molecule has 2 N–H and O–H groups in total. The Balaban J connectivity index is 1.80. The number of carboxylic acids is 1. The summed E-state index contributed by atoms with van der Waals surface area (Å²) in [7, 11) is 1.72. The maximum atomic E-state index is 12.5. The third-order valence-electron chi connectivity index (χ3n) is 4.42. The van der Waals surface area contributed by atoms with Crippen molar-refractivity contribution in [3.05, 3.63) is 24.3 Å².